The van der Waals surface area contributed by atoms with Gasteiger partial charge in [0.25, 0.3) is 0 Å². The SMILES string of the molecule is O=C(O)c1ccncc1OCC1(C(F)(F)F)CC1. The summed E-state index contributed by atoms with van der Waals surface area (Å²) in [5.41, 5.74) is -2.01. The van der Waals surface area contributed by atoms with Crippen LogP contribution < -0.4 is 4.74 Å². The van der Waals surface area contributed by atoms with E-state index in [0.29, 0.717) is 0 Å². The van der Waals surface area contributed by atoms with Crippen LogP contribution in [0, 0.1) is 5.41 Å². The van der Waals surface area contributed by atoms with Gasteiger partial charge in [0.1, 0.15) is 17.6 Å². The molecule has 1 N–H and O–H groups in total. The lowest BCUT2D eigenvalue weighted by molar-refractivity contribution is -0.194. The predicted octanol–water partition coefficient (Wildman–Crippen LogP) is 2.50. The van der Waals surface area contributed by atoms with Crippen molar-refractivity contribution in [1.29, 1.82) is 0 Å². The molecule has 0 radical (unpaired) electrons. The molecule has 0 bridgehead atoms. The van der Waals surface area contributed by atoms with Crippen molar-refractivity contribution < 1.29 is 27.8 Å². The van der Waals surface area contributed by atoms with E-state index >= 15 is 0 Å². The minimum atomic E-state index is -4.32. The molecule has 18 heavy (non-hydrogen) atoms. The second kappa shape index (κ2) is 4.15. The molecule has 0 aromatic carbocycles. The number of hydrogen-bond acceptors (Lipinski definition) is 3. The van der Waals surface area contributed by atoms with Crippen LogP contribution in [0.3, 0.4) is 0 Å². The lowest BCUT2D eigenvalue weighted by Crippen LogP contribution is -2.30. The molecule has 1 heterocycles. The highest BCUT2D eigenvalue weighted by molar-refractivity contribution is 5.90. The van der Waals surface area contributed by atoms with Gasteiger partial charge in [-0.1, -0.05) is 0 Å². The summed E-state index contributed by atoms with van der Waals surface area (Å²) >= 11 is 0. The van der Waals surface area contributed by atoms with Gasteiger partial charge in [0.15, 0.2) is 5.75 Å². The smallest absolute Gasteiger partial charge is 0.397 e. The summed E-state index contributed by atoms with van der Waals surface area (Å²) in [6.07, 6.45) is -1.94. The van der Waals surface area contributed by atoms with E-state index in [2.05, 4.69) is 4.98 Å². The van der Waals surface area contributed by atoms with Crippen LogP contribution >= 0.6 is 0 Å². The number of pyridine rings is 1. The normalized spacial score (nSPS) is 17.3. The topological polar surface area (TPSA) is 59.4 Å². The molecular weight excluding hydrogens is 251 g/mol. The van der Waals surface area contributed by atoms with E-state index in [0.717, 1.165) is 6.20 Å². The quantitative estimate of drug-likeness (QED) is 0.904. The zero-order valence-corrected chi connectivity index (χ0v) is 9.20. The predicted molar refractivity (Wildman–Crippen MR) is 54.4 cm³/mol. The monoisotopic (exact) mass is 261 g/mol. The summed E-state index contributed by atoms with van der Waals surface area (Å²) in [6, 6.07) is 1.19. The van der Waals surface area contributed by atoms with Gasteiger partial charge in [0, 0.05) is 6.20 Å². The maximum atomic E-state index is 12.6. The highest BCUT2D eigenvalue weighted by Gasteiger charge is 2.63. The Morgan fingerprint density at radius 1 is 1.50 bits per heavy atom. The van der Waals surface area contributed by atoms with Crippen LogP contribution in [0.1, 0.15) is 23.2 Å². The average molecular weight is 261 g/mol. The first-order valence-electron chi connectivity index (χ1n) is 5.23. The van der Waals surface area contributed by atoms with Crippen molar-refractivity contribution in [2.75, 3.05) is 6.61 Å². The average Bonchev–Trinajstić information content (AvgIpc) is 3.07. The number of rotatable bonds is 4. The Morgan fingerprint density at radius 3 is 2.67 bits per heavy atom. The molecule has 0 unspecified atom stereocenters. The van der Waals surface area contributed by atoms with Crippen molar-refractivity contribution in [2.24, 2.45) is 5.41 Å². The van der Waals surface area contributed by atoms with Crippen LogP contribution in [0.5, 0.6) is 5.75 Å². The van der Waals surface area contributed by atoms with Crippen molar-refractivity contribution in [2.45, 2.75) is 19.0 Å². The maximum absolute atomic E-state index is 12.6. The number of halogens is 3. The number of hydrogen-bond donors (Lipinski definition) is 1. The molecule has 0 atom stereocenters. The van der Waals surface area contributed by atoms with Crippen molar-refractivity contribution in [1.82, 2.24) is 4.98 Å². The van der Waals surface area contributed by atoms with Gasteiger partial charge in [0.2, 0.25) is 0 Å². The van der Waals surface area contributed by atoms with Crippen molar-refractivity contribution >= 4 is 5.97 Å². The van der Waals surface area contributed by atoms with E-state index in [-0.39, 0.29) is 24.2 Å². The van der Waals surface area contributed by atoms with Crippen molar-refractivity contribution in [3.63, 3.8) is 0 Å². The molecule has 1 saturated carbocycles. The lowest BCUT2D eigenvalue weighted by atomic mass is 10.1. The summed E-state index contributed by atoms with van der Waals surface area (Å²) in [6.45, 7) is -0.567. The summed E-state index contributed by atoms with van der Waals surface area (Å²) in [4.78, 5) is 14.5. The Labute approximate surface area is 100 Å². The zero-order chi connectivity index (χ0) is 13.4. The molecule has 0 aliphatic heterocycles. The molecule has 1 aliphatic rings. The van der Waals surface area contributed by atoms with Gasteiger partial charge in [-0.3, -0.25) is 4.98 Å². The second-order valence-corrected chi connectivity index (χ2v) is 4.24. The van der Waals surface area contributed by atoms with Gasteiger partial charge in [-0.2, -0.15) is 13.2 Å². The van der Waals surface area contributed by atoms with Gasteiger partial charge in [-0.05, 0) is 18.9 Å². The number of nitrogens with zero attached hydrogens (tertiary/aromatic N) is 1. The summed E-state index contributed by atoms with van der Waals surface area (Å²) in [7, 11) is 0. The van der Waals surface area contributed by atoms with Gasteiger partial charge >= 0.3 is 12.1 Å². The Balaban J connectivity index is 2.10. The minimum absolute atomic E-state index is 0.0131. The fourth-order valence-corrected chi connectivity index (χ4v) is 1.55. The highest BCUT2D eigenvalue weighted by Crippen LogP contribution is 2.57. The molecule has 1 aromatic rings. The number of aromatic nitrogens is 1. The summed E-state index contributed by atoms with van der Waals surface area (Å²) < 4.78 is 42.9. The molecule has 0 spiro atoms. The molecule has 4 nitrogen and oxygen atoms in total. The zero-order valence-electron chi connectivity index (χ0n) is 9.20. The van der Waals surface area contributed by atoms with E-state index in [4.69, 9.17) is 9.84 Å². The molecule has 1 aromatic heterocycles. The lowest BCUT2D eigenvalue weighted by Gasteiger charge is -2.19. The van der Waals surface area contributed by atoms with E-state index in [1.165, 1.54) is 12.3 Å². The van der Waals surface area contributed by atoms with E-state index in [1.54, 1.807) is 0 Å². The molecular formula is C11H10F3NO3. The maximum Gasteiger partial charge on any atom is 0.397 e. The van der Waals surface area contributed by atoms with Crippen molar-refractivity contribution in [3.05, 3.63) is 24.0 Å². The number of alkyl halides is 3. The number of aromatic carboxylic acids is 1. The Hall–Kier alpha value is -1.79. The largest absolute Gasteiger partial charge is 0.490 e. The number of carboxylic acid groups (broad SMARTS) is 1. The van der Waals surface area contributed by atoms with E-state index in [1.807, 2.05) is 0 Å². The summed E-state index contributed by atoms with van der Waals surface area (Å²) in [5, 5.41) is 8.84. The Morgan fingerprint density at radius 2 is 2.17 bits per heavy atom. The third-order valence-corrected chi connectivity index (χ3v) is 2.97. The molecule has 98 valence electrons. The molecule has 2 rings (SSSR count). The van der Waals surface area contributed by atoms with Crippen LogP contribution in [-0.2, 0) is 0 Å². The third kappa shape index (κ3) is 2.25. The fourth-order valence-electron chi connectivity index (χ4n) is 1.55. The first-order valence-corrected chi connectivity index (χ1v) is 5.23. The van der Waals surface area contributed by atoms with Gasteiger partial charge in [-0.15, -0.1) is 0 Å². The van der Waals surface area contributed by atoms with Crippen LogP contribution in [0.25, 0.3) is 0 Å². The minimum Gasteiger partial charge on any atom is -0.490 e. The molecule has 0 saturated heterocycles. The fraction of sp³-hybridized carbons (Fsp3) is 0.455. The number of carbonyl (C=O) groups is 1. The number of ether oxygens (including phenoxy) is 1. The first kappa shape index (κ1) is 12.7. The number of carboxylic acids is 1. The Bertz CT molecular complexity index is 469. The molecule has 1 fully saturated rings. The van der Waals surface area contributed by atoms with E-state index < -0.39 is 24.2 Å². The van der Waals surface area contributed by atoms with Crippen LogP contribution in [0.4, 0.5) is 13.2 Å². The van der Waals surface area contributed by atoms with Crippen LogP contribution in [0.15, 0.2) is 18.5 Å². The van der Waals surface area contributed by atoms with Gasteiger partial charge < -0.3 is 9.84 Å². The summed E-state index contributed by atoms with van der Waals surface area (Å²) in [5.74, 6) is -1.40. The van der Waals surface area contributed by atoms with Crippen LogP contribution in [0.2, 0.25) is 0 Å². The van der Waals surface area contributed by atoms with E-state index in [9.17, 15) is 18.0 Å². The van der Waals surface area contributed by atoms with Gasteiger partial charge in [0.05, 0.1) is 6.20 Å². The highest BCUT2D eigenvalue weighted by atomic mass is 19.4. The first-order chi connectivity index (χ1) is 8.36. The van der Waals surface area contributed by atoms with Gasteiger partial charge in [-0.25, -0.2) is 4.79 Å². The molecule has 0 amide bonds. The Kier molecular flexibility index (Phi) is 2.92. The second-order valence-electron chi connectivity index (χ2n) is 4.24. The van der Waals surface area contributed by atoms with Crippen LogP contribution in [-0.4, -0.2) is 28.8 Å². The molecule has 7 heteroatoms. The van der Waals surface area contributed by atoms with Crippen molar-refractivity contribution in [3.8, 4) is 5.75 Å². The third-order valence-electron chi connectivity index (χ3n) is 2.97. The standard InChI is InChI=1S/C11H10F3NO3/c12-11(13,14)10(2-3-10)6-18-8-5-15-4-1-7(8)9(16)17/h1,4-5H,2-3,6H2,(H,16,17). The molecule has 1 aliphatic carbocycles.